The van der Waals surface area contributed by atoms with Gasteiger partial charge in [-0.1, -0.05) is 6.07 Å². The van der Waals surface area contributed by atoms with E-state index in [1.807, 2.05) is 58.8 Å². The van der Waals surface area contributed by atoms with Gasteiger partial charge in [0.25, 0.3) is 5.56 Å². The zero-order chi connectivity index (χ0) is 23.5. The number of thiocarbonyl (C=S) groups is 1. The van der Waals surface area contributed by atoms with Crippen LogP contribution in [-0.4, -0.2) is 35.3 Å². The Morgan fingerprint density at radius 3 is 2.59 bits per heavy atom. The Balaban J connectivity index is 1.43. The van der Waals surface area contributed by atoms with Crippen molar-refractivity contribution in [3.8, 4) is 17.2 Å². The molecule has 4 aromatic rings. The Bertz CT molecular complexity index is 1370. The molecule has 0 saturated heterocycles. The highest BCUT2D eigenvalue weighted by atomic mass is 32.1. The molecule has 3 heterocycles. The molecular weight excluding hydrogens is 470 g/mol. The molecule has 0 atom stereocenters. The molecule has 2 aromatic carbocycles. The first-order chi connectivity index (χ1) is 16.6. The minimum absolute atomic E-state index is 0.160. The van der Waals surface area contributed by atoms with Crippen molar-refractivity contribution in [2.75, 3.05) is 25.6 Å². The van der Waals surface area contributed by atoms with Gasteiger partial charge in [-0.05, 0) is 60.1 Å². The molecule has 174 valence electrons. The number of methoxy groups -OCH3 is 1. The predicted molar refractivity (Wildman–Crippen MR) is 138 cm³/mol. The number of hydrogen-bond acceptors (Lipinski definition) is 6. The maximum Gasteiger partial charge on any atom is 0.253 e. The molecule has 1 aliphatic heterocycles. The second-order valence-electron chi connectivity index (χ2n) is 7.80. The summed E-state index contributed by atoms with van der Waals surface area (Å²) < 4.78 is 16.6. The first-order valence-electron chi connectivity index (χ1n) is 10.8. The molecular formula is C25H23N3O4S2. The number of nitrogens with one attached hydrogen (secondary N) is 2. The van der Waals surface area contributed by atoms with Crippen molar-refractivity contribution in [1.29, 1.82) is 0 Å². The topological polar surface area (TPSA) is 75.8 Å². The molecule has 1 aliphatic rings. The Labute approximate surface area is 205 Å². The van der Waals surface area contributed by atoms with E-state index in [0.29, 0.717) is 54.0 Å². The molecule has 0 amide bonds. The largest absolute Gasteiger partial charge is 0.497 e. The van der Waals surface area contributed by atoms with Crippen molar-refractivity contribution in [3.63, 3.8) is 0 Å². The van der Waals surface area contributed by atoms with Crippen LogP contribution in [0.5, 0.6) is 17.2 Å². The number of aromatic amines is 1. The van der Waals surface area contributed by atoms with E-state index >= 15 is 0 Å². The van der Waals surface area contributed by atoms with E-state index in [4.69, 9.17) is 26.4 Å². The quantitative estimate of drug-likeness (QED) is 0.375. The number of H-pyrrole nitrogens is 1. The van der Waals surface area contributed by atoms with Crippen LogP contribution >= 0.6 is 23.6 Å². The van der Waals surface area contributed by atoms with Gasteiger partial charge >= 0.3 is 0 Å². The van der Waals surface area contributed by atoms with Gasteiger partial charge < -0.3 is 29.4 Å². The maximum absolute atomic E-state index is 13.0. The average Bonchev–Trinajstić information content (AvgIpc) is 3.36. The van der Waals surface area contributed by atoms with Crippen LogP contribution in [0.4, 0.5) is 5.69 Å². The lowest BCUT2D eigenvalue weighted by atomic mass is 10.1. The van der Waals surface area contributed by atoms with E-state index in [9.17, 15) is 4.79 Å². The monoisotopic (exact) mass is 493 g/mol. The first kappa shape index (κ1) is 22.2. The third-order valence-electron chi connectivity index (χ3n) is 5.50. The van der Waals surface area contributed by atoms with E-state index in [-0.39, 0.29) is 5.56 Å². The predicted octanol–water partition coefficient (Wildman–Crippen LogP) is 4.77. The summed E-state index contributed by atoms with van der Waals surface area (Å²) in [4.78, 5) is 19.1. The summed E-state index contributed by atoms with van der Waals surface area (Å²) in [6.07, 6.45) is 0. The molecule has 0 saturated carbocycles. The summed E-state index contributed by atoms with van der Waals surface area (Å²) in [5.41, 5.74) is 2.01. The third-order valence-corrected chi connectivity index (χ3v) is 6.72. The summed E-state index contributed by atoms with van der Waals surface area (Å²) in [6, 6.07) is 17.2. The molecule has 0 fully saturated rings. The number of thiophene rings is 1. The number of anilines is 1. The van der Waals surface area contributed by atoms with Crippen LogP contribution in [0.3, 0.4) is 0 Å². The SMILES string of the molecule is COc1ccc(NC(=S)N(Cc2cccs2)Cc2cc3cc4c(cc3[nH]c2=O)OCCO4)cc1. The molecule has 34 heavy (non-hydrogen) atoms. The van der Waals surface area contributed by atoms with Gasteiger partial charge in [-0.3, -0.25) is 4.79 Å². The number of benzene rings is 2. The number of nitrogens with zero attached hydrogens (tertiary/aromatic N) is 1. The molecule has 0 spiro atoms. The van der Waals surface area contributed by atoms with Crippen LogP contribution in [0, 0.1) is 0 Å². The summed E-state index contributed by atoms with van der Waals surface area (Å²) in [7, 11) is 1.63. The van der Waals surface area contributed by atoms with E-state index in [1.54, 1.807) is 18.4 Å². The van der Waals surface area contributed by atoms with Crippen molar-refractivity contribution in [1.82, 2.24) is 9.88 Å². The van der Waals surface area contributed by atoms with Crippen molar-refractivity contribution < 1.29 is 14.2 Å². The Morgan fingerprint density at radius 2 is 1.88 bits per heavy atom. The molecule has 9 heteroatoms. The Morgan fingerprint density at radius 1 is 1.12 bits per heavy atom. The summed E-state index contributed by atoms with van der Waals surface area (Å²) in [6.45, 7) is 1.93. The maximum atomic E-state index is 13.0. The van der Waals surface area contributed by atoms with Gasteiger partial charge in [0.2, 0.25) is 0 Å². The number of hydrogen-bond donors (Lipinski definition) is 2. The van der Waals surface area contributed by atoms with Crippen LogP contribution in [0.15, 0.2) is 64.8 Å². The molecule has 0 aliphatic carbocycles. The van der Waals surface area contributed by atoms with Crippen LogP contribution in [-0.2, 0) is 13.1 Å². The Kier molecular flexibility index (Phi) is 6.37. The van der Waals surface area contributed by atoms with Crippen molar-refractivity contribution in [2.24, 2.45) is 0 Å². The van der Waals surface area contributed by atoms with Gasteiger partial charge in [0, 0.05) is 27.6 Å². The molecule has 2 aromatic heterocycles. The molecule has 2 N–H and O–H groups in total. The van der Waals surface area contributed by atoms with Crippen molar-refractivity contribution in [3.05, 3.63) is 80.8 Å². The van der Waals surface area contributed by atoms with Gasteiger partial charge in [-0.15, -0.1) is 11.3 Å². The molecule has 0 unspecified atom stereocenters. The normalized spacial score (nSPS) is 12.4. The second kappa shape index (κ2) is 9.74. The standard InChI is InChI=1S/C25H23N3O4S2/c1-30-19-6-4-18(5-7-19)26-25(33)28(15-20-3-2-10-34-20)14-17-11-16-12-22-23(32-9-8-31-22)13-21(16)27-24(17)29/h2-7,10-13H,8-9,14-15H2,1H3,(H,26,33)(H,27,29). The van der Waals surface area contributed by atoms with Crippen molar-refractivity contribution in [2.45, 2.75) is 13.1 Å². The highest BCUT2D eigenvalue weighted by Crippen LogP contribution is 2.33. The lowest BCUT2D eigenvalue weighted by molar-refractivity contribution is 0.172. The second-order valence-corrected chi connectivity index (χ2v) is 9.22. The number of aromatic nitrogens is 1. The minimum Gasteiger partial charge on any atom is -0.497 e. The molecule has 0 radical (unpaired) electrons. The van der Waals surface area contributed by atoms with E-state index < -0.39 is 0 Å². The highest BCUT2D eigenvalue weighted by Gasteiger charge is 2.17. The zero-order valence-corrected chi connectivity index (χ0v) is 20.1. The average molecular weight is 494 g/mol. The van der Waals surface area contributed by atoms with Gasteiger partial charge in [-0.2, -0.15) is 0 Å². The molecule has 7 nitrogen and oxygen atoms in total. The zero-order valence-electron chi connectivity index (χ0n) is 18.5. The summed E-state index contributed by atoms with van der Waals surface area (Å²) >= 11 is 7.40. The number of ether oxygens (including phenoxy) is 3. The lowest BCUT2D eigenvalue weighted by Crippen LogP contribution is -2.35. The fourth-order valence-electron chi connectivity index (χ4n) is 3.78. The van der Waals surface area contributed by atoms with Crippen LogP contribution in [0.2, 0.25) is 0 Å². The Hall–Kier alpha value is -3.56. The van der Waals surface area contributed by atoms with Gasteiger partial charge in [0.1, 0.15) is 19.0 Å². The van der Waals surface area contributed by atoms with Crippen LogP contribution in [0.1, 0.15) is 10.4 Å². The fourth-order valence-corrected chi connectivity index (χ4v) is 4.74. The third kappa shape index (κ3) is 4.85. The first-order valence-corrected chi connectivity index (χ1v) is 12.1. The summed E-state index contributed by atoms with van der Waals surface area (Å²) in [5.74, 6) is 2.10. The fraction of sp³-hybridized carbons (Fsp3) is 0.200. The minimum atomic E-state index is -0.160. The molecule has 5 rings (SSSR count). The number of pyridine rings is 1. The van der Waals surface area contributed by atoms with Gasteiger partial charge in [0.15, 0.2) is 16.6 Å². The van der Waals surface area contributed by atoms with Gasteiger partial charge in [0.05, 0.1) is 25.7 Å². The highest BCUT2D eigenvalue weighted by molar-refractivity contribution is 7.80. The van der Waals surface area contributed by atoms with Gasteiger partial charge in [-0.25, -0.2) is 0 Å². The molecule has 0 bridgehead atoms. The number of fused-ring (bicyclic) bond motifs is 2. The van der Waals surface area contributed by atoms with E-state index in [0.717, 1.165) is 21.7 Å². The van der Waals surface area contributed by atoms with E-state index in [1.165, 1.54) is 0 Å². The summed E-state index contributed by atoms with van der Waals surface area (Å²) in [5, 5.41) is 6.72. The van der Waals surface area contributed by atoms with Crippen molar-refractivity contribution >= 4 is 45.3 Å². The lowest BCUT2D eigenvalue weighted by Gasteiger charge is -2.25. The smallest absolute Gasteiger partial charge is 0.253 e. The van der Waals surface area contributed by atoms with E-state index in [2.05, 4.69) is 16.4 Å². The number of rotatable bonds is 6. The van der Waals surface area contributed by atoms with Crippen LogP contribution in [0.25, 0.3) is 10.9 Å². The van der Waals surface area contributed by atoms with Crippen LogP contribution < -0.4 is 25.1 Å².